The summed E-state index contributed by atoms with van der Waals surface area (Å²) < 4.78 is 43.7. The Hall–Kier alpha value is -1.47. The number of halogens is 4. The van der Waals surface area contributed by atoms with Crippen molar-refractivity contribution in [1.82, 2.24) is 10.6 Å². The molecule has 0 unspecified atom stereocenters. The van der Waals surface area contributed by atoms with E-state index in [4.69, 9.17) is 4.74 Å². The minimum atomic E-state index is -4.49. The van der Waals surface area contributed by atoms with Crippen LogP contribution >= 0.6 is 12.4 Å². The molecule has 0 fully saturated rings. The van der Waals surface area contributed by atoms with Gasteiger partial charge in [0.25, 0.3) is 0 Å². The minimum absolute atomic E-state index is 0. The normalized spacial score (nSPS) is 10.8. The number of alkyl halides is 3. The van der Waals surface area contributed by atoms with Gasteiger partial charge in [0, 0.05) is 13.0 Å². The molecule has 0 radical (unpaired) electrons. The second-order valence-electron chi connectivity index (χ2n) is 4.50. The maximum Gasteiger partial charge on any atom is 0.416 e. The van der Waals surface area contributed by atoms with Gasteiger partial charge in [-0.15, -0.1) is 12.4 Å². The zero-order valence-electron chi connectivity index (χ0n) is 12.4. The molecule has 0 atom stereocenters. The highest BCUT2D eigenvalue weighted by Crippen LogP contribution is 2.34. The predicted octanol–water partition coefficient (Wildman–Crippen LogP) is 2.75. The Morgan fingerprint density at radius 2 is 2.00 bits per heavy atom. The quantitative estimate of drug-likeness (QED) is 0.750. The summed E-state index contributed by atoms with van der Waals surface area (Å²) in [5.74, 6) is -0.138. The summed E-state index contributed by atoms with van der Waals surface area (Å²) in [4.78, 5) is 11.5. The molecule has 0 heterocycles. The summed E-state index contributed by atoms with van der Waals surface area (Å²) in [5, 5.41) is 5.40. The summed E-state index contributed by atoms with van der Waals surface area (Å²) in [6.07, 6.45) is -3.57. The third-order valence-electron chi connectivity index (χ3n) is 2.93. The molecule has 0 spiro atoms. The van der Waals surface area contributed by atoms with Gasteiger partial charge in [-0.3, -0.25) is 4.79 Å². The van der Waals surface area contributed by atoms with Crippen molar-refractivity contribution >= 4 is 18.3 Å². The van der Waals surface area contributed by atoms with E-state index in [1.165, 1.54) is 19.2 Å². The van der Waals surface area contributed by atoms with E-state index in [0.29, 0.717) is 13.0 Å². The second kappa shape index (κ2) is 9.53. The number of carbonyl (C=O) groups is 1. The lowest BCUT2D eigenvalue weighted by Crippen LogP contribution is -2.25. The zero-order valence-corrected chi connectivity index (χ0v) is 13.2. The Morgan fingerprint density at radius 1 is 1.32 bits per heavy atom. The van der Waals surface area contributed by atoms with Crippen molar-refractivity contribution in [3.8, 4) is 5.75 Å². The molecule has 0 aliphatic heterocycles. The fourth-order valence-electron chi connectivity index (χ4n) is 1.81. The van der Waals surface area contributed by atoms with Crippen molar-refractivity contribution in [1.29, 1.82) is 0 Å². The molecule has 0 aliphatic carbocycles. The van der Waals surface area contributed by atoms with Crippen LogP contribution in [0.4, 0.5) is 13.2 Å². The lowest BCUT2D eigenvalue weighted by Gasteiger charge is -2.15. The highest BCUT2D eigenvalue weighted by atomic mass is 35.5. The highest BCUT2D eigenvalue weighted by Gasteiger charge is 2.33. The van der Waals surface area contributed by atoms with Gasteiger partial charge >= 0.3 is 6.18 Å². The average molecular weight is 341 g/mol. The Bertz CT molecular complexity index is 482. The maximum absolute atomic E-state index is 13.0. The van der Waals surface area contributed by atoms with Gasteiger partial charge in [0.05, 0.1) is 12.7 Å². The number of rotatable bonds is 7. The van der Waals surface area contributed by atoms with Crippen LogP contribution in [-0.4, -0.2) is 26.6 Å². The smallest absolute Gasteiger partial charge is 0.416 e. The molecule has 22 heavy (non-hydrogen) atoms. The molecule has 8 heteroatoms. The van der Waals surface area contributed by atoms with Crippen LogP contribution in [0, 0.1) is 0 Å². The van der Waals surface area contributed by atoms with Crippen LogP contribution in [0.1, 0.15) is 24.0 Å². The van der Waals surface area contributed by atoms with E-state index in [-0.39, 0.29) is 42.6 Å². The van der Waals surface area contributed by atoms with Crippen LogP contribution in [0.25, 0.3) is 0 Å². The molecule has 0 bridgehead atoms. The van der Waals surface area contributed by atoms with Crippen molar-refractivity contribution in [3.05, 3.63) is 29.3 Å². The standard InChI is InChI=1S/C14H19F3N2O2.ClH/c1-18-7-3-4-13(20)19-9-10-5-6-11(21-2)8-12(10)14(15,16)17;/h5-6,8,18H,3-4,7,9H2,1-2H3,(H,19,20);1H. The SMILES string of the molecule is CNCCCC(=O)NCc1ccc(OC)cc1C(F)(F)F.Cl. The van der Waals surface area contributed by atoms with Crippen LogP contribution in [0.5, 0.6) is 5.75 Å². The van der Waals surface area contributed by atoms with Gasteiger partial charge in [0.15, 0.2) is 0 Å². The third-order valence-corrected chi connectivity index (χ3v) is 2.93. The summed E-state index contributed by atoms with van der Waals surface area (Å²) >= 11 is 0. The van der Waals surface area contributed by atoms with Crippen LogP contribution in [0.2, 0.25) is 0 Å². The van der Waals surface area contributed by atoms with Gasteiger partial charge < -0.3 is 15.4 Å². The Morgan fingerprint density at radius 3 is 2.55 bits per heavy atom. The van der Waals surface area contributed by atoms with E-state index in [2.05, 4.69) is 10.6 Å². The van der Waals surface area contributed by atoms with Gasteiger partial charge in [-0.2, -0.15) is 13.2 Å². The highest BCUT2D eigenvalue weighted by molar-refractivity contribution is 5.85. The van der Waals surface area contributed by atoms with Crippen LogP contribution in [0.15, 0.2) is 18.2 Å². The first kappa shape index (κ1) is 20.5. The van der Waals surface area contributed by atoms with Gasteiger partial charge in [-0.05, 0) is 37.7 Å². The number of benzene rings is 1. The Labute approximate surface area is 133 Å². The number of amides is 1. The van der Waals surface area contributed by atoms with E-state index >= 15 is 0 Å². The first-order valence-corrected chi connectivity index (χ1v) is 6.54. The summed E-state index contributed by atoms with van der Waals surface area (Å²) in [6, 6.07) is 3.69. The molecular weight excluding hydrogens is 321 g/mol. The fourth-order valence-corrected chi connectivity index (χ4v) is 1.81. The first-order valence-electron chi connectivity index (χ1n) is 6.54. The molecule has 126 valence electrons. The average Bonchev–Trinajstić information content (AvgIpc) is 2.44. The number of carbonyl (C=O) groups excluding carboxylic acids is 1. The summed E-state index contributed by atoms with van der Waals surface area (Å²) in [6.45, 7) is 0.529. The number of hydrogen-bond donors (Lipinski definition) is 2. The largest absolute Gasteiger partial charge is 0.497 e. The molecule has 0 aliphatic rings. The van der Waals surface area contributed by atoms with Crippen molar-refractivity contribution in [2.45, 2.75) is 25.6 Å². The van der Waals surface area contributed by atoms with Crippen molar-refractivity contribution in [2.75, 3.05) is 20.7 Å². The zero-order chi connectivity index (χ0) is 15.9. The molecule has 1 rings (SSSR count). The molecule has 0 aromatic heterocycles. The van der Waals surface area contributed by atoms with E-state index in [1.54, 1.807) is 7.05 Å². The Balaban J connectivity index is 0.00000441. The molecular formula is C14H20ClF3N2O2. The Kier molecular flexibility index (Phi) is 8.89. The van der Waals surface area contributed by atoms with E-state index in [9.17, 15) is 18.0 Å². The van der Waals surface area contributed by atoms with Gasteiger partial charge in [0.2, 0.25) is 5.91 Å². The topological polar surface area (TPSA) is 50.4 Å². The molecule has 2 N–H and O–H groups in total. The third kappa shape index (κ3) is 6.53. The molecule has 1 amide bonds. The van der Waals surface area contributed by atoms with Gasteiger partial charge in [-0.1, -0.05) is 6.07 Å². The number of methoxy groups -OCH3 is 1. The van der Waals surface area contributed by atoms with Crippen LogP contribution < -0.4 is 15.4 Å². The molecule has 1 aromatic carbocycles. The van der Waals surface area contributed by atoms with E-state index in [0.717, 1.165) is 6.07 Å². The van der Waals surface area contributed by atoms with Crippen LogP contribution in [0.3, 0.4) is 0 Å². The lowest BCUT2D eigenvalue weighted by molar-refractivity contribution is -0.138. The van der Waals surface area contributed by atoms with Gasteiger partial charge in [0.1, 0.15) is 5.75 Å². The van der Waals surface area contributed by atoms with Crippen molar-refractivity contribution in [3.63, 3.8) is 0 Å². The molecule has 4 nitrogen and oxygen atoms in total. The fraction of sp³-hybridized carbons (Fsp3) is 0.500. The number of hydrogen-bond acceptors (Lipinski definition) is 3. The minimum Gasteiger partial charge on any atom is -0.497 e. The van der Waals surface area contributed by atoms with Gasteiger partial charge in [-0.25, -0.2) is 0 Å². The first-order chi connectivity index (χ1) is 9.88. The lowest BCUT2D eigenvalue weighted by atomic mass is 10.1. The summed E-state index contributed by atoms with van der Waals surface area (Å²) in [5.41, 5.74) is -0.775. The molecule has 0 saturated carbocycles. The monoisotopic (exact) mass is 340 g/mol. The molecule has 1 aromatic rings. The second-order valence-corrected chi connectivity index (χ2v) is 4.50. The van der Waals surface area contributed by atoms with E-state index in [1.807, 2.05) is 0 Å². The van der Waals surface area contributed by atoms with Crippen molar-refractivity contribution < 1.29 is 22.7 Å². The van der Waals surface area contributed by atoms with E-state index < -0.39 is 11.7 Å². The number of ether oxygens (including phenoxy) is 1. The maximum atomic E-state index is 13.0. The van der Waals surface area contributed by atoms with Crippen LogP contribution in [-0.2, 0) is 17.5 Å². The summed E-state index contributed by atoms with van der Waals surface area (Å²) in [7, 11) is 3.07. The van der Waals surface area contributed by atoms with Crippen molar-refractivity contribution in [2.24, 2.45) is 0 Å². The predicted molar refractivity (Wildman–Crippen MR) is 80.3 cm³/mol. The molecule has 0 saturated heterocycles. The number of nitrogens with one attached hydrogen (secondary N) is 2.